The molecule has 0 saturated carbocycles. The maximum Gasteiger partial charge on any atom is 0.310 e. The normalized spacial score (nSPS) is 33.6. The third-order valence-corrected chi connectivity index (χ3v) is 7.43. The molecule has 2 N–H and O–H groups in total. The van der Waals surface area contributed by atoms with Crippen LogP contribution in [-0.2, 0) is 19.1 Å². The molecule has 2 amide bonds. The second-order valence-electron chi connectivity index (χ2n) is 9.06. The van der Waals surface area contributed by atoms with E-state index in [-0.39, 0.29) is 18.4 Å². The van der Waals surface area contributed by atoms with Crippen LogP contribution in [0.3, 0.4) is 0 Å². The van der Waals surface area contributed by atoms with Crippen LogP contribution in [0.1, 0.15) is 58.8 Å². The van der Waals surface area contributed by atoms with Crippen LogP contribution in [0.4, 0.5) is 0 Å². The molecule has 8 heteroatoms. The van der Waals surface area contributed by atoms with E-state index in [2.05, 4.69) is 13.5 Å². The molecule has 5 atom stereocenters. The van der Waals surface area contributed by atoms with Gasteiger partial charge in [-0.05, 0) is 38.5 Å². The highest BCUT2D eigenvalue weighted by molar-refractivity contribution is 5.98. The number of aliphatic carboxylic acids is 1. The summed E-state index contributed by atoms with van der Waals surface area (Å²) in [6.07, 6.45) is 6.02. The maximum atomic E-state index is 13.8. The lowest BCUT2D eigenvalue weighted by Gasteiger charge is -2.37. The predicted molar refractivity (Wildman–Crippen MR) is 114 cm³/mol. The lowest BCUT2D eigenvalue weighted by molar-refractivity contribution is -0.157. The fourth-order valence-corrected chi connectivity index (χ4v) is 5.98. The maximum absolute atomic E-state index is 13.8. The van der Waals surface area contributed by atoms with Gasteiger partial charge in [0.25, 0.3) is 0 Å². The fourth-order valence-electron chi connectivity index (χ4n) is 5.98. The van der Waals surface area contributed by atoms with Crippen LogP contribution in [0, 0.1) is 11.8 Å². The fraction of sp³-hybridized carbons (Fsp3) is 0.783. The predicted octanol–water partition coefficient (Wildman–Crippen LogP) is 1.81. The van der Waals surface area contributed by atoms with E-state index >= 15 is 0 Å². The largest absolute Gasteiger partial charge is 0.481 e. The molecule has 174 valence electrons. The molecule has 3 aliphatic heterocycles. The standard InChI is InChI=1S/C23H36N2O6/c1-4-7-13-24(12-5-2)20(28)18-23-11-10-22(6-3,31-23)17(21(29)30)16(23)19(27)25(18)14-8-9-15-26/h5,16-18,26H,2,4,6-15H2,1,3H3,(H,29,30)/t16-,17+,18?,22-,23?/m0/s1. The summed E-state index contributed by atoms with van der Waals surface area (Å²) in [7, 11) is 0. The molecule has 1 spiro atoms. The summed E-state index contributed by atoms with van der Waals surface area (Å²) in [5, 5.41) is 19.2. The monoisotopic (exact) mass is 436 g/mol. The number of nitrogens with zero attached hydrogens (tertiary/aromatic N) is 2. The van der Waals surface area contributed by atoms with E-state index in [9.17, 15) is 24.6 Å². The van der Waals surface area contributed by atoms with Crippen molar-refractivity contribution in [2.45, 2.75) is 76.0 Å². The average molecular weight is 437 g/mol. The van der Waals surface area contributed by atoms with Gasteiger partial charge in [0.1, 0.15) is 17.6 Å². The van der Waals surface area contributed by atoms with Crippen molar-refractivity contribution in [1.29, 1.82) is 0 Å². The number of amides is 2. The third kappa shape index (κ3) is 3.67. The van der Waals surface area contributed by atoms with Gasteiger partial charge in [0.05, 0.1) is 11.5 Å². The van der Waals surface area contributed by atoms with Crippen LogP contribution >= 0.6 is 0 Å². The highest BCUT2D eigenvalue weighted by Gasteiger charge is 2.78. The summed E-state index contributed by atoms with van der Waals surface area (Å²) in [6.45, 7) is 8.95. The van der Waals surface area contributed by atoms with Gasteiger partial charge in [0.2, 0.25) is 11.8 Å². The van der Waals surface area contributed by atoms with Gasteiger partial charge in [0, 0.05) is 26.2 Å². The van der Waals surface area contributed by atoms with Crippen molar-refractivity contribution in [2.75, 3.05) is 26.2 Å². The Morgan fingerprint density at radius 1 is 1.29 bits per heavy atom. The number of carbonyl (C=O) groups is 3. The van der Waals surface area contributed by atoms with Gasteiger partial charge in [-0.1, -0.05) is 26.3 Å². The van der Waals surface area contributed by atoms with E-state index in [0.717, 1.165) is 12.8 Å². The van der Waals surface area contributed by atoms with Crippen LogP contribution in [0.5, 0.6) is 0 Å². The molecule has 0 aliphatic carbocycles. The number of ether oxygens (including phenoxy) is 1. The van der Waals surface area contributed by atoms with E-state index in [1.165, 1.54) is 0 Å². The zero-order valence-electron chi connectivity index (χ0n) is 18.7. The summed E-state index contributed by atoms with van der Waals surface area (Å²) in [6, 6.07) is -0.835. The summed E-state index contributed by atoms with van der Waals surface area (Å²) in [5.74, 6) is -3.31. The number of carbonyl (C=O) groups excluding carboxylic acids is 2. The Balaban J connectivity index is 2.02. The first-order valence-electron chi connectivity index (χ1n) is 11.6. The minimum absolute atomic E-state index is 0.00149. The Hall–Kier alpha value is -1.93. The Morgan fingerprint density at radius 3 is 2.61 bits per heavy atom. The minimum atomic E-state index is -1.10. The Morgan fingerprint density at radius 2 is 2.03 bits per heavy atom. The quantitative estimate of drug-likeness (QED) is 0.357. The number of aliphatic hydroxyl groups excluding tert-OH is 1. The first kappa shape index (κ1) is 23.7. The van der Waals surface area contributed by atoms with E-state index in [0.29, 0.717) is 51.7 Å². The summed E-state index contributed by atoms with van der Waals surface area (Å²) in [5.41, 5.74) is -1.99. The molecule has 0 aromatic rings. The highest BCUT2D eigenvalue weighted by atomic mass is 16.5. The SMILES string of the molecule is C=CCN(CCCC)C(=O)C1N(CCCCO)C(=O)[C@@H]2[C@H](C(=O)O)[C@]3(CC)CCC12O3. The molecule has 0 aromatic carbocycles. The van der Waals surface area contributed by atoms with E-state index in [1.54, 1.807) is 15.9 Å². The molecule has 2 bridgehead atoms. The van der Waals surface area contributed by atoms with Crippen molar-refractivity contribution in [3.63, 3.8) is 0 Å². The van der Waals surface area contributed by atoms with Crippen molar-refractivity contribution < 1.29 is 29.3 Å². The molecule has 31 heavy (non-hydrogen) atoms. The van der Waals surface area contributed by atoms with Crippen molar-refractivity contribution >= 4 is 17.8 Å². The summed E-state index contributed by atoms with van der Waals surface area (Å²) >= 11 is 0. The minimum Gasteiger partial charge on any atom is -0.481 e. The van der Waals surface area contributed by atoms with E-state index < -0.39 is 35.0 Å². The first-order valence-corrected chi connectivity index (χ1v) is 11.6. The lowest BCUT2D eigenvalue weighted by Crippen LogP contribution is -2.56. The second-order valence-corrected chi connectivity index (χ2v) is 9.06. The number of unbranched alkanes of at least 4 members (excludes halogenated alkanes) is 2. The molecule has 0 radical (unpaired) electrons. The number of aliphatic hydroxyl groups is 1. The van der Waals surface area contributed by atoms with Crippen molar-refractivity contribution in [3.05, 3.63) is 12.7 Å². The third-order valence-electron chi connectivity index (χ3n) is 7.43. The Bertz CT molecular complexity index is 727. The molecule has 3 heterocycles. The number of carboxylic acid groups (broad SMARTS) is 1. The Kier molecular flexibility index (Phi) is 7.11. The number of rotatable bonds is 12. The Labute approximate surface area is 184 Å². The van der Waals surface area contributed by atoms with Crippen LogP contribution < -0.4 is 0 Å². The molecule has 0 aromatic heterocycles. The van der Waals surface area contributed by atoms with Gasteiger partial charge >= 0.3 is 5.97 Å². The van der Waals surface area contributed by atoms with Crippen LogP contribution in [0.15, 0.2) is 12.7 Å². The van der Waals surface area contributed by atoms with Gasteiger partial charge in [-0.2, -0.15) is 0 Å². The van der Waals surface area contributed by atoms with Crippen LogP contribution in [0.25, 0.3) is 0 Å². The molecular weight excluding hydrogens is 400 g/mol. The molecule has 2 unspecified atom stereocenters. The van der Waals surface area contributed by atoms with Gasteiger partial charge in [0.15, 0.2) is 0 Å². The number of likely N-dealkylation sites (tertiary alicyclic amines) is 1. The van der Waals surface area contributed by atoms with Crippen molar-refractivity contribution in [3.8, 4) is 0 Å². The topological polar surface area (TPSA) is 107 Å². The molecule has 3 rings (SSSR count). The zero-order chi connectivity index (χ0) is 22.8. The second kappa shape index (κ2) is 9.28. The molecule has 3 saturated heterocycles. The first-order chi connectivity index (χ1) is 14.8. The van der Waals surface area contributed by atoms with Gasteiger partial charge in [-0.25, -0.2) is 0 Å². The van der Waals surface area contributed by atoms with Crippen molar-refractivity contribution in [1.82, 2.24) is 9.80 Å². The molecule has 3 aliphatic rings. The highest BCUT2D eigenvalue weighted by Crippen LogP contribution is 2.64. The average Bonchev–Trinajstić information content (AvgIpc) is 3.35. The molecule has 3 fully saturated rings. The van der Waals surface area contributed by atoms with Gasteiger partial charge < -0.3 is 24.7 Å². The van der Waals surface area contributed by atoms with Gasteiger partial charge in [-0.3, -0.25) is 14.4 Å². The summed E-state index contributed by atoms with van der Waals surface area (Å²) in [4.78, 5) is 42.9. The van der Waals surface area contributed by atoms with E-state index in [4.69, 9.17) is 4.74 Å². The van der Waals surface area contributed by atoms with Gasteiger partial charge in [-0.15, -0.1) is 6.58 Å². The lowest BCUT2D eigenvalue weighted by atomic mass is 9.65. The van der Waals surface area contributed by atoms with Crippen molar-refractivity contribution in [2.24, 2.45) is 11.8 Å². The zero-order valence-corrected chi connectivity index (χ0v) is 18.7. The smallest absolute Gasteiger partial charge is 0.310 e. The van der Waals surface area contributed by atoms with Crippen LogP contribution in [0.2, 0.25) is 0 Å². The number of hydrogen-bond donors (Lipinski definition) is 2. The summed E-state index contributed by atoms with van der Waals surface area (Å²) < 4.78 is 6.50. The molecule has 8 nitrogen and oxygen atoms in total. The molecular formula is C23H36N2O6. The van der Waals surface area contributed by atoms with E-state index in [1.807, 2.05) is 6.92 Å². The number of hydrogen-bond acceptors (Lipinski definition) is 5. The number of carboxylic acids is 1. The van der Waals surface area contributed by atoms with Crippen LogP contribution in [-0.4, -0.2) is 81.3 Å². The number of fused-ring (bicyclic) bond motifs is 1.